The third-order valence-electron chi connectivity index (χ3n) is 2.62. The van der Waals surface area contributed by atoms with Gasteiger partial charge in [-0.05, 0) is 23.8 Å². The minimum Gasteiger partial charge on any atom is -0.322 e. The highest BCUT2D eigenvalue weighted by Gasteiger charge is 2.32. The first-order valence-corrected chi connectivity index (χ1v) is 5.67. The van der Waals surface area contributed by atoms with Crippen LogP contribution in [0.1, 0.15) is 24.3 Å². The molecule has 1 aromatic rings. The molecule has 1 heterocycles. The predicted molar refractivity (Wildman–Crippen MR) is 56.8 cm³/mol. The minimum absolute atomic E-state index is 0.174. The summed E-state index contributed by atoms with van der Waals surface area (Å²) in [6.07, 6.45) is 1.32. The normalized spacial score (nSPS) is 28.8. The lowest BCUT2D eigenvalue weighted by molar-refractivity contribution is 0.584. The van der Waals surface area contributed by atoms with Gasteiger partial charge in [0.05, 0.1) is 6.04 Å². The molecule has 0 spiro atoms. The van der Waals surface area contributed by atoms with Crippen molar-refractivity contribution < 1.29 is 0 Å². The van der Waals surface area contributed by atoms with Crippen molar-refractivity contribution in [3.05, 3.63) is 22.4 Å². The van der Waals surface area contributed by atoms with Crippen molar-refractivity contribution in [1.29, 1.82) is 0 Å². The zero-order chi connectivity index (χ0) is 9.26. The molecule has 2 rings (SSSR count). The summed E-state index contributed by atoms with van der Waals surface area (Å²) in [5.41, 5.74) is 6.01. The molecule has 1 aromatic heterocycles. The number of hydrogen-bond donors (Lipinski definition) is 2. The third-order valence-corrected chi connectivity index (χ3v) is 3.62. The molecule has 1 saturated carbocycles. The number of nitrogens with two attached hydrogens (primary N) is 1. The lowest BCUT2D eigenvalue weighted by Gasteiger charge is -2.10. The first-order chi connectivity index (χ1) is 6.27. The fraction of sp³-hybridized carbons (Fsp3) is 0.600. The molecule has 3 unspecified atom stereocenters. The second-order valence-electron chi connectivity index (χ2n) is 3.85. The van der Waals surface area contributed by atoms with Crippen molar-refractivity contribution in [1.82, 2.24) is 5.32 Å². The molecular weight excluding hydrogens is 180 g/mol. The first-order valence-electron chi connectivity index (χ1n) is 4.79. The van der Waals surface area contributed by atoms with Crippen molar-refractivity contribution in [2.75, 3.05) is 6.54 Å². The van der Waals surface area contributed by atoms with Gasteiger partial charge in [-0.15, -0.1) is 11.3 Å². The average Bonchev–Trinajstić information content (AvgIpc) is 2.67. The second-order valence-corrected chi connectivity index (χ2v) is 4.83. The van der Waals surface area contributed by atoms with Gasteiger partial charge in [0, 0.05) is 17.5 Å². The zero-order valence-electron chi connectivity index (χ0n) is 7.86. The Morgan fingerprint density at radius 2 is 2.54 bits per heavy atom. The van der Waals surface area contributed by atoms with Gasteiger partial charge < -0.3 is 11.1 Å². The molecule has 0 aromatic carbocycles. The fourth-order valence-corrected chi connectivity index (χ4v) is 2.22. The first kappa shape index (κ1) is 9.19. The Morgan fingerprint density at radius 3 is 3.08 bits per heavy atom. The molecule has 0 radical (unpaired) electrons. The average molecular weight is 196 g/mol. The Bertz CT molecular complexity index is 258. The quantitative estimate of drug-likeness (QED) is 0.770. The zero-order valence-corrected chi connectivity index (χ0v) is 8.68. The van der Waals surface area contributed by atoms with Crippen LogP contribution in [0.5, 0.6) is 0 Å². The molecule has 1 aliphatic carbocycles. The third kappa shape index (κ3) is 2.30. The van der Waals surface area contributed by atoms with Crippen LogP contribution in [0, 0.1) is 5.92 Å². The summed E-state index contributed by atoms with van der Waals surface area (Å²) < 4.78 is 0. The lowest BCUT2D eigenvalue weighted by atomic mass is 10.2. The van der Waals surface area contributed by atoms with E-state index in [-0.39, 0.29) is 6.04 Å². The molecule has 3 N–H and O–H groups in total. The van der Waals surface area contributed by atoms with Crippen molar-refractivity contribution in [2.24, 2.45) is 11.7 Å². The van der Waals surface area contributed by atoms with E-state index in [1.807, 2.05) is 0 Å². The Labute approximate surface area is 83.1 Å². The molecule has 0 amide bonds. The van der Waals surface area contributed by atoms with E-state index in [0.29, 0.717) is 0 Å². The van der Waals surface area contributed by atoms with Gasteiger partial charge in [-0.1, -0.05) is 13.0 Å². The van der Waals surface area contributed by atoms with Gasteiger partial charge in [0.25, 0.3) is 0 Å². The molecule has 0 aliphatic heterocycles. The monoisotopic (exact) mass is 196 g/mol. The minimum atomic E-state index is 0.174. The molecule has 3 heteroatoms. The van der Waals surface area contributed by atoms with Crippen molar-refractivity contribution in [3.8, 4) is 0 Å². The van der Waals surface area contributed by atoms with Crippen LogP contribution < -0.4 is 11.1 Å². The molecule has 0 saturated heterocycles. The van der Waals surface area contributed by atoms with E-state index < -0.39 is 0 Å². The number of rotatable bonds is 4. The van der Waals surface area contributed by atoms with Crippen LogP contribution in [0.15, 0.2) is 17.5 Å². The van der Waals surface area contributed by atoms with E-state index in [0.717, 1.165) is 18.5 Å². The van der Waals surface area contributed by atoms with Gasteiger partial charge in [0.1, 0.15) is 0 Å². The van der Waals surface area contributed by atoms with E-state index in [1.165, 1.54) is 11.3 Å². The Balaban J connectivity index is 1.76. The van der Waals surface area contributed by atoms with Crippen LogP contribution in [0.2, 0.25) is 0 Å². The Hall–Kier alpha value is -0.380. The standard InChI is InChI=1S/C10H16N2S/c1-7-5-9(7)12-6-8(11)10-3-2-4-13-10/h2-4,7-9,12H,5-6,11H2,1H3. The maximum absolute atomic E-state index is 6.01. The highest BCUT2D eigenvalue weighted by molar-refractivity contribution is 7.10. The molecule has 2 nitrogen and oxygen atoms in total. The van der Waals surface area contributed by atoms with E-state index in [2.05, 4.69) is 29.8 Å². The number of thiophene rings is 1. The summed E-state index contributed by atoms with van der Waals surface area (Å²) in [6.45, 7) is 3.18. The molecule has 0 bridgehead atoms. The van der Waals surface area contributed by atoms with E-state index >= 15 is 0 Å². The van der Waals surface area contributed by atoms with Crippen LogP contribution >= 0.6 is 11.3 Å². The van der Waals surface area contributed by atoms with Gasteiger partial charge in [0.15, 0.2) is 0 Å². The van der Waals surface area contributed by atoms with Gasteiger partial charge in [-0.25, -0.2) is 0 Å². The van der Waals surface area contributed by atoms with E-state index in [9.17, 15) is 0 Å². The van der Waals surface area contributed by atoms with E-state index in [1.54, 1.807) is 11.3 Å². The summed E-state index contributed by atoms with van der Waals surface area (Å²) in [7, 11) is 0. The smallest absolute Gasteiger partial charge is 0.0516 e. The number of nitrogens with one attached hydrogen (secondary N) is 1. The van der Waals surface area contributed by atoms with Gasteiger partial charge in [-0.3, -0.25) is 0 Å². The van der Waals surface area contributed by atoms with Gasteiger partial charge in [-0.2, -0.15) is 0 Å². The molecule has 1 aliphatic rings. The summed E-state index contributed by atoms with van der Waals surface area (Å²) in [6, 6.07) is 5.06. The summed E-state index contributed by atoms with van der Waals surface area (Å²) >= 11 is 1.74. The Kier molecular flexibility index (Phi) is 2.67. The SMILES string of the molecule is CC1CC1NCC(N)c1cccs1. The topological polar surface area (TPSA) is 38.0 Å². The summed E-state index contributed by atoms with van der Waals surface area (Å²) in [5.74, 6) is 0.857. The van der Waals surface area contributed by atoms with Crippen LogP contribution in [-0.4, -0.2) is 12.6 Å². The summed E-state index contributed by atoms with van der Waals surface area (Å²) in [5, 5.41) is 5.55. The van der Waals surface area contributed by atoms with Crippen molar-refractivity contribution in [2.45, 2.75) is 25.4 Å². The van der Waals surface area contributed by atoms with Crippen LogP contribution in [0.3, 0.4) is 0 Å². The highest BCUT2D eigenvalue weighted by Crippen LogP contribution is 2.29. The molecule has 1 fully saturated rings. The Morgan fingerprint density at radius 1 is 1.77 bits per heavy atom. The largest absolute Gasteiger partial charge is 0.322 e. The van der Waals surface area contributed by atoms with Crippen LogP contribution in [0.25, 0.3) is 0 Å². The second kappa shape index (κ2) is 3.78. The van der Waals surface area contributed by atoms with E-state index in [4.69, 9.17) is 5.73 Å². The lowest BCUT2D eigenvalue weighted by Crippen LogP contribution is -2.28. The molecule has 13 heavy (non-hydrogen) atoms. The van der Waals surface area contributed by atoms with Gasteiger partial charge >= 0.3 is 0 Å². The van der Waals surface area contributed by atoms with Crippen LogP contribution in [0.4, 0.5) is 0 Å². The maximum atomic E-state index is 6.01. The molecule has 3 atom stereocenters. The predicted octanol–water partition coefficient (Wildman–Crippen LogP) is 1.75. The van der Waals surface area contributed by atoms with Crippen molar-refractivity contribution >= 4 is 11.3 Å². The van der Waals surface area contributed by atoms with Gasteiger partial charge in [0.2, 0.25) is 0 Å². The van der Waals surface area contributed by atoms with Crippen LogP contribution in [-0.2, 0) is 0 Å². The molecular formula is C10H16N2S. The highest BCUT2D eigenvalue weighted by atomic mass is 32.1. The fourth-order valence-electron chi connectivity index (χ4n) is 1.49. The van der Waals surface area contributed by atoms with Crippen molar-refractivity contribution in [3.63, 3.8) is 0 Å². The number of hydrogen-bond acceptors (Lipinski definition) is 3. The molecule has 72 valence electrons. The maximum Gasteiger partial charge on any atom is 0.0516 e. The summed E-state index contributed by atoms with van der Waals surface area (Å²) in [4.78, 5) is 1.28.